The predicted octanol–water partition coefficient (Wildman–Crippen LogP) is 1.67. The summed E-state index contributed by atoms with van der Waals surface area (Å²) in [5.74, 6) is -0.798. The number of nitrogens with one attached hydrogen (secondary N) is 3. The molecule has 0 aliphatic carbocycles. The Morgan fingerprint density at radius 3 is 2.50 bits per heavy atom. The van der Waals surface area contributed by atoms with E-state index in [1.54, 1.807) is 32.0 Å². The zero-order valence-electron chi connectivity index (χ0n) is 15.4. The first kappa shape index (κ1) is 21.9. The molecule has 8 nitrogen and oxygen atoms in total. The van der Waals surface area contributed by atoms with E-state index in [0.29, 0.717) is 5.76 Å². The van der Waals surface area contributed by atoms with Crippen LogP contribution in [0.3, 0.4) is 0 Å². The van der Waals surface area contributed by atoms with Crippen LogP contribution in [-0.4, -0.2) is 32.8 Å². The van der Waals surface area contributed by atoms with Gasteiger partial charge in [-0.25, -0.2) is 8.42 Å². The highest BCUT2D eigenvalue weighted by Gasteiger charge is 2.28. The molecule has 28 heavy (non-hydrogen) atoms. The van der Waals surface area contributed by atoms with Crippen LogP contribution < -0.4 is 15.4 Å². The normalized spacial score (nSPS) is 12.6. The summed E-state index contributed by atoms with van der Waals surface area (Å²) in [6, 6.07) is 8.08. The fourth-order valence-corrected chi connectivity index (χ4v) is 3.94. The molecular formula is C18H22ClN3O5S. The Hall–Kier alpha value is -2.36. The highest BCUT2D eigenvalue weighted by Crippen LogP contribution is 2.16. The molecule has 0 bridgehead atoms. The summed E-state index contributed by atoms with van der Waals surface area (Å²) in [7, 11) is -3.96. The van der Waals surface area contributed by atoms with E-state index in [4.69, 9.17) is 16.0 Å². The minimum absolute atomic E-state index is 0.0466. The minimum atomic E-state index is -3.96. The zero-order valence-corrected chi connectivity index (χ0v) is 17.0. The van der Waals surface area contributed by atoms with Crippen molar-refractivity contribution >= 4 is 33.4 Å². The molecule has 1 aromatic heterocycles. The first-order valence-electron chi connectivity index (χ1n) is 8.53. The zero-order chi connectivity index (χ0) is 20.7. The number of rotatable bonds is 9. The van der Waals surface area contributed by atoms with Crippen molar-refractivity contribution in [1.29, 1.82) is 0 Å². The second-order valence-electron chi connectivity index (χ2n) is 6.37. The van der Waals surface area contributed by atoms with Crippen molar-refractivity contribution in [2.45, 2.75) is 31.3 Å². The predicted molar refractivity (Wildman–Crippen MR) is 104 cm³/mol. The second kappa shape index (κ2) is 9.72. The molecule has 0 saturated carbocycles. The summed E-state index contributed by atoms with van der Waals surface area (Å²) < 4.78 is 32.5. The van der Waals surface area contributed by atoms with Gasteiger partial charge in [-0.15, -0.1) is 0 Å². The van der Waals surface area contributed by atoms with E-state index in [0.717, 1.165) is 0 Å². The Balaban J connectivity index is 1.95. The summed E-state index contributed by atoms with van der Waals surface area (Å²) in [6.07, 6.45) is 1.49. The van der Waals surface area contributed by atoms with Crippen LogP contribution in [0.5, 0.6) is 0 Å². The lowest BCUT2D eigenvalue weighted by molar-refractivity contribution is -0.127. The number of halogens is 1. The first-order chi connectivity index (χ1) is 13.2. The third-order valence-electron chi connectivity index (χ3n) is 3.80. The quantitative estimate of drug-likeness (QED) is 0.562. The van der Waals surface area contributed by atoms with E-state index in [1.165, 1.54) is 24.5 Å². The molecule has 0 aliphatic rings. The Morgan fingerprint density at radius 2 is 1.89 bits per heavy atom. The van der Waals surface area contributed by atoms with Crippen LogP contribution in [0.2, 0.25) is 5.02 Å². The maximum Gasteiger partial charge on any atom is 0.241 e. The number of benzene rings is 1. The van der Waals surface area contributed by atoms with Gasteiger partial charge in [0.2, 0.25) is 21.8 Å². The third kappa shape index (κ3) is 6.36. The Morgan fingerprint density at radius 1 is 1.14 bits per heavy atom. The fraction of sp³-hybridized carbons (Fsp3) is 0.333. The number of sulfonamides is 1. The SMILES string of the molecule is CC(C)[C@H](NS(=O)(=O)c1cccc(Cl)c1)C(=O)NCC(=O)NCc1ccco1. The van der Waals surface area contributed by atoms with Gasteiger partial charge < -0.3 is 15.1 Å². The molecule has 0 spiro atoms. The minimum Gasteiger partial charge on any atom is -0.467 e. The monoisotopic (exact) mass is 427 g/mol. The average molecular weight is 428 g/mol. The van der Waals surface area contributed by atoms with Crippen molar-refractivity contribution in [3.05, 3.63) is 53.4 Å². The van der Waals surface area contributed by atoms with Crippen molar-refractivity contribution in [3.63, 3.8) is 0 Å². The van der Waals surface area contributed by atoms with Crippen molar-refractivity contribution in [1.82, 2.24) is 15.4 Å². The Bertz CT molecular complexity index is 913. The average Bonchev–Trinajstić information content (AvgIpc) is 3.16. The van der Waals surface area contributed by atoms with Crippen molar-refractivity contribution in [2.75, 3.05) is 6.54 Å². The smallest absolute Gasteiger partial charge is 0.241 e. The molecule has 2 amide bonds. The number of carbonyl (C=O) groups excluding carboxylic acids is 2. The Labute approximate surface area is 168 Å². The lowest BCUT2D eigenvalue weighted by atomic mass is 10.1. The molecule has 0 aliphatic heterocycles. The summed E-state index contributed by atoms with van der Waals surface area (Å²) in [5.41, 5.74) is 0. The molecule has 2 aromatic rings. The first-order valence-corrected chi connectivity index (χ1v) is 10.4. The molecule has 3 N–H and O–H groups in total. The van der Waals surface area contributed by atoms with Gasteiger partial charge in [-0.3, -0.25) is 9.59 Å². The van der Waals surface area contributed by atoms with Crippen LogP contribution >= 0.6 is 11.6 Å². The topological polar surface area (TPSA) is 118 Å². The van der Waals surface area contributed by atoms with Gasteiger partial charge in [-0.2, -0.15) is 4.72 Å². The van der Waals surface area contributed by atoms with Crippen LogP contribution in [-0.2, 0) is 26.2 Å². The number of hydrogen-bond acceptors (Lipinski definition) is 5. The van der Waals surface area contributed by atoms with Gasteiger partial charge in [-0.1, -0.05) is 31.5 Å². The number of carbonyl (C=O) groups is 2. The van der Waals surface area contributed by atoms with E-state index in [1.807, 2.05) is 0 Å². The number of amides is 2. The highest BCUT2D eigenvalue weighted by molar-refractivity contribution is 7.89. The van der Waals surface area contributed by atoms with Gasteiger partial charge in [0.15, 0.2) is 0 Å². The van der Waals surface area contributed by atoms with Crippen LogP contribution in [0.25, 0.3) is 0 Å². The lowest BCUT2D eigenvalue weighted by Crippen LogP contribution is -2.51. The van der Waals surface area contributed by atoms with Crippen LogP contribution in [0.4, 0.5) is 0 Å². The van der Waals surface area contributed by atoms with Gasteiger partial charge in [0.05, 0.1) is 24.2 Å². The van der Waals surface area contributed by atoms with Crippen molar-refractivity contribution < 1.29 is 22.4 Å². The number of hydrogen-bond donors (Lipinski definition) is 3. The van der Waals surface area contributed by atoms with E-state index in [-0.39, 0.29) is 28.9 Å². The van der Waals surface area contributed by atoms with E-state index in [2.05, 4.69) is 15.4 Å². The molecule has 1 heterocycles. The van der Waals surface area contributed by atoms with Crippen LogP contribution in [0, 0.1) is 5.92 Å². The second-order valence-corrected chi connectivity index (χ2v) is 8.52. The Kier molecular flexibility index (Phi) is 7.61. The molecule has 152 valence electrons. The number of furan rings is 1. The third-order valence-corrected chi connectivity index (χ3v) is 5.47. The van der Waals surface area contributed by atoms with Gasteiger partial charge in [0, 0.05) is 5.02 Å². The lowest BCUT2D eigenvalue weighted by Gasteiger charge is -2.21. The molecule has 10 heteroatoms. The van der Waals surface area contributed by atoms with Crippen molar-refractivity contribution in [3.8, 4) is 0 Å². The maximum atomic E-state index is 12.5. The molecule has 0 saturated heterocycles. The molecule has 2 rings (SSSR count). The molecule has 0 unspecified atom stereocenters. The molecular weight excluding hydrogens is 406 g/mol. The molecule has 1 atom stereocenters. The van der Waals surface area contributed by atoms with E-state index in [9.17, 15) is 18.0 Å². The molecule has 0 fully saturated rings. The summed E-state index contributed by atoms with van der Waals surface area (Å²) in [4.78, 5) is 24.2. The largest absolute Gasteiger partial charge is 0.467 e. The van der Waals surface area contributed by atoms with E-state index >= 15 is 0 Å². The van der Waals surface area contributed by atoms with Crippen molar-refractivity contribution in [2.24, 2.45) is 5.92 Å². The van der Waals surface area contributed by atoms with Crippen LogP contribution in [0.1, 0.15) is 19.6 Å². The summed E-state index contributed by atoms with van der Waals surface area (Å²) in [5, 5.41) is 5.30. The highest BCUT2D eigenvalue weighted by atomic mass is 35.5. The van der Waals surface area contributed by atoms with Gasteiger partial charge >= 0.3 is 0 Å². The fourth-order valence-electron chi connectivity index (χ4n) is 2.30. The van der Waals surface area contributed by atoms with E-state index < -0.39 is 27.9 Å². The van der Waals surface area contributed by atoms with Gasteiger partial charge in [0.25, 0.3) is 0 Å². The summed E-state index contributed by atoms with van der Waals surface area (Å²) in [6.45, 7) is 3.29. The molecule has 1 aromatic carbocycles. The maximum absolute atomic E-state index is 12.5. The van der Waals surface area contributed by atoms with Gasteiger partial charge in [-0.05, 0) is 36.2 Å². The molecule has 0 radical (unpaired) electrons. The van der Waals surface area contributed by atoms with Gasteiger partial charge in [0.1, 0.15) is 11.8 Å². The standard InChI is InChI=1S/C18H22ClN3O5S/c1-12(2)17(22-28(25,26)15-7-3-5-13(19)9-15)18(24)21-11-16(23)20-10-14-6-4-8-27-14/h3-9,12,17,22H,10-11H2,1-2H3,(H,20,23)(H,21,24)/t17-/m0/s1. The van der Waals surface area contributed by atoms with Crippen LogP contribution in [0.15, 0.2) is 52.0 Å². The summed E-state index contributed by atoms with van der Waals surface area (Å²) >= 11 is 5.84.